The summed E-state index contributed by atoms with van der Waals surface area (Å²) in [6, 6.07) is 16.1. The molecule has 1 aliphatic carbocycles. The average molecular weight is 509 g/mol. The number of methoxy groups -OCH3 is 1. The number of hydrogen-bond donors (Lipinski definition) is 1. The van der Waals surface area contributed by atoms with Gasteiger partial charge in [-0.2, -0.15) is 5.26 Å². The zero-order valence-corrected chi connectivity index (χ0v) is 22.6. The van der Waals surface area contributed by atoms with Gasteiger partial charge in [-0.1, -0.05) is 30.3 Å². The summed E-state index contributed by atoms with van der Waals surface area (Å²) in [6.45, 7) is 6.55. The summed E-state index contributed by atoms with van der Waals surface area (Å²) in [5, 5.41) is 20.2. The molecular formula is C30H40N2O5. The van der Waals surface area contributed by atoms with E-state index >= 15 is 0 Å². The highest BCUT2D eigenvalue weighted by Gasteiger charge is 2.25. The van der Waals surface area contributed by atoms with E-state index in [9.17, 15) is 15.2 Å². The minimum Gasteiger partial charge on any atom is -0.489 e. The molecule has 200 valence electrons. The van der Waals surface area contributed by atoms with Crippen LogP contribution >= 0.6 is 0 Å². The number of benzene rings is 2. The number of aliphatic hydroxyl groups is 1. The number of carbonyl (C=O) groups excluding carboxylic acids is 1. The minimum absolute atomic E-state index is 0.0494. The monoisotopic (exact) mass is 508 g/mol. The Kier molecular flexibility index (Phi) is 10.5. The number of ether oxygens (including phenoxy) is 3. The largest absolute Gasteiger partial charge is 0.489 e. The summed E-state index contributed by atoms with van der Waals surface area (Å²) in [5.41, 5.74) is 3.95. The molecule has 0 bridgehead atoms. The van der Waals surface area contributed by atoms with Gasteiger partial charge in [0.05, 0.1) is 18.1 Å². The molecule has 0 saturated carbocycles. The Morgan fingerprint density at radius 3 is 2.43 bits per heavy atom. The summed E-state index contributed by atoms with van der Waals surface area (Å²) < 4.78 is 16.3. The normalized spacial score (nSPS) is 16.5. The van der Waals surface area contributed by atoms with Crippen molar-refractivity contribution >= 4 is 5.97 Å². The number of carbonyl (C=O) groups is 1. The molecule has 2 aromatic rings. The molecule has 0 radical (unpaired) electrons. The van der Waals surface area contributed by atoms with Crippen molar-refractivity contribution in [2.24, 2.45) is 5.92 Å². The van der Waals surface area contributed by atoms with Crippen LogP contribution in [0.4, 0.5) is 0 Å². The summed E-state index contributed by atoms with van der Waals surface area (Å²) in [4.78, 5) is 14.7. The molecule has 0 aromatic heterocycles. The van der Waals surface area contributed by atoms with Gasteiger partial charge in [-0.15, -0.1) is 0 Å². The Balaban J connectivity index is 1.52. The quantitative estimate of drug-likeness (QED) is 0.407. The highest BCUT2D eigenvalue weighted by Crippen LogP contribution is 2.30. The molecule has 3 unspecified atom stereocenters. The number of rotatable bonds is 13. The predicted molar refractivity (Wildman–Crippen MR) is 143 cm³/mol. The lowest BCUT2D eigenvalue weighted by atomic mass is 9.97. The SMILES string of the molecule is COCC(C)OC(=O)C(C)c1ccc(C#N)c(OC[C@H](O)CN(C)C(C)CC2Cc3ccccc3C2)c1. The van der Waals surface area contributed by atoms with E-state index in [1.807, 2.05) is 7.05 Å². The minimum atomic E-state index is -0.722. The molecule has 37 heavy (non-hydrogen) atoms. The van der Waals surface area contributed by atoms with E-state index in [1.165, 1.54) is 11.1 Å². The fraction of sp³-hybridized carbons (Fsp3) is 0.533. The van der Waals surface area contributed by atoms with Gasteiger partial charge in [0.1, 0.15) is 30.6 Å². The van der Waals surface area contributed by atoms with E-state index in [2.05, 4.69) is 42.2 Å². The zero-order valence-electron chi connectivity index (χ0n) is 22.6. The lowest BCUT2D eigenvalue weighted by Crippen LogP contribution is -2.39. The van der Waals surface area contributed by atoms with Crippen LogP contribution in [-0.4, -0.2) is 68.1 Å². The molecule has 1 aliphatic rings. The van der Waals surface area contributed by atoms with Crippen molar-refractivity contribution in [1.82, 2.24) is 4.90 Å². The second-order valence-electron chi connectivity index (χ2n) is 10.3. The van der Waals surface area contributed by atoms with Gasteiger partial charge in [-0.25, -0.2) is 0 Å². The average Bonchev–Trinajstić information content (AvgIpc) is 3.29. The zero-order chi connectivity index (χ0) is 26.9. The Bertz CT molecular complexity index is 1060. The first-order chi connectivity index (χ1) is 17.7. The van der Waals surface area contributed by atoms with Gasteiger partial charge in [0.15, 0.2) is 0 Å². The topological polar surface area (TPSA) is 92.0 Å². The van der Waals surface area contributed by atoms with Crippen molar-refractivity contribution in [2.75, 3.05) is 33.9 Å². The summed E-state index contributed by atoms with van der Waals surface area (Å²) >= 11 is 0. The van der Waals surface area contributed by atoms with Crippen LogP contribution in [0.25, 0.3) is 0 Å². The maximum absolute atomic E-state index is 12.5. The molecule has 0 amide bonds. The first kappa shape index (κ1) is 28.6. The number of hydrogen-bond acceptors (Lipinski definition) is 7. The maximum atomic E-state index is 12.5. The molecule has 0 aliphatic heterocycles. The number of nitrogens with zero attached hydrogens (tertiary/aromatic N) is 2. The van der Waals surface area contributed by atoms with Crippen molar-refractivity contribution in [2.45, 2.75) is 64.2 Å². The highest BCUT2D eigenvalue weighted by molar-refractivity contribution is 5.78. The van der Waals surface area contributed by atoms with Crippen molar-refractivity contribution in [3.8, 4) is 11.8 Å². The van der Waals surface area contributed by atoms with E-state index in [-0.39, 0.29) is 18.7 Å². The third-order valence-electron chi connectivity index (χ3n) is 7.19. The van der Waals surface area contributed by atoms with Crippen LogP contribution in [0.5, 0.6) is 5.75 Å². The van der Waals surface area contributed by atoms with Crippen LogP contribution in [0.15, 0.2) is 42.5 Å². The number of esters is 1. The second kappa shape index (κ2) is 13.6. The van der Waals surface area contributed by atoms with Gasteiger partial charge in [0, 0.05) is 19.7 Å². The number of aliphatic hydroxyl groups excluding tert-OH is 1. The van der Waals surface area contributed by atoms with Gasteiger partial charge in [-0.3, -0.25) is 4.79 Å². The molecule has 3 rings (SSSR count). The van der Waals surface area contributed by atoms with Crippen molar-refractivity contribution in [1.29, 1.82) is 5.26 Å². The van der Waals surface area contributed by atoms with Crippen molar-refractivity contribution in [3.05, 3.63) is 64.7 Å². The molecule has 0 spiro atoms. The first-order valence-corrected chi connectivity index (χ1v) is 13.0. The van der Waals surface area contributed by atoms with E-state index in [1.54, 1.807) is 39.2 Å². The van der Waals surface area contributed by atoms with Crippen LogP contribution in [0.2, 0.25) is 0 Å². The van der Waals surface area contributed by atoms with E-state index in [4.69, 9.17) is 14.2 Å². The molecule has 0 saturated heterocycles. The van der Waals surface area contributed by atoms with Crippen LogP contribution in [-0.2, 0) is 27.1 Å². The molecule has 7 heteroatoms. The highest BCUT2D eigenvalue weighted by atomic mass is 16.6. The number of fused-ring (bicyclic) bond motifs is 1. The lowest BCUT2D eigenvalue weighted by Gasteiger charge is -2.29. The molecule has 2 aromatic carbocycles. The van der Waals surface area contributed by atoms with Crippen LogP contribution in [0.1, 0.15) is 55.4 Å². The van der Waals surface area contributed by atoms with Crippen molar-refractivity contribution < 1.29 is 24.1 Å². The summed E-state index contributed by atoms with van der Waals surface area (Å²) in [7, 11) is 3.58. The second-order valence-corrected chi connectivity index (χ2v) is 10.3. The van der Waals surface area contributed by atoms with Gasteiger partial charge in [0.25, 0.3) is 0 Å². The molecule has 1 N–H and O–H groups in total. The first-order valence-electron chi connectivity index (χ1n) is 13.0. The molecular weight excluding hydrogens is 468 g/mol. The van der Waals surface area contributed by atoms with E-state index in [0.29, 0.717) is 42.0 Å². The van der Waals surface area contributed by atoms with E-state index < -0.39 is 12.0 Å². The maximum Gasteiger partial charge on any atom is 0.313 e. The Morgan fingerprint density at radius 2 is 1.81 bits per heavy atom. The Hall–Kier alpha value is -2.92. The standard InChI is InChI=1S/C30H40N2O5/c1-20(12-23-13-25-8-6-7-9-26(25)14-23)32(4)17-28(33)19-36-29-15-24(10-11-27(29)16-31)22(3)30(34)37-21(2)18-35-5/h6-11,15,20-23,28,33H,12-14,17-19H2,1-5H3/t20?,21?,22?,28-/m1/s1. The van der Waals surface area contributed by atoms with Crippen LogP contribution in [0.3, 0.4) is 0 Å². The number of likely N-dealkylation sites (N-methyl/N-ethyl adjacent to an activating group) is 1. The van der Waals surface area contributed by atoms with Crippen LogP contribution in [0, 0.1) is 17.2 Å². The smallest absolute Gasteiger partial charge is 0.313 e. The summed E-state index contributed by atoms with van der Waals surface area (Å²) in [6.07, 6.45) is 2.22. The fourth-order valence-electron chi connectivity index (χ4n) is 4.96. The van der Waals surface area contributed by atoms with Gasteiger partial charge in [0.2, 0.25) is 0 Å². The van der Waals surface area contributed by atoms with E-state index in [0.717, 1.165) is 19.3 Å². The van der Waals surface area contributed by atoms with Crippen molar-refractivity contribution in [3.63, 3.8) is 0 Å². The molecule has 0 fully saturated rings. The third-order valence-corrected chi connectivity index (χ3v) is 7.19. The third kappa shape index (κ3) is 8.03. The molecule has 0 heterocycles. The lowest BCUT2D eigenvalue weighted by molar-refractivity contribution is -0.151. The van der Waals surface area contributed by atoms with Crippen LogP contribution < -0.4 is 4.74 Å². The molecule has 7 nitrogen and oxygen atoms in total. The number of nitriles is 1. The summed E-state index contributed by atoms with van der Waals surface area (Å²) in [5.74, 6) is 0.0626. The molecule has 4 atom stereocenters. The Morgan fingerprint density at radius 1 is 1.14 bits per heavy atom. The van der Waals surface area contributed by atoms with Gasteiger partial charge >= 0.3 is 5.97 Å². The Labute approximate surface area is 221 Å². The van der Waals surface area contributed by atoms with Gasteiger partial charge < -0.3 is 24.2 Å². The predicted octanol–water partition coefficient (Wildman–Crippen LogP) is 4.10. The van der Waals surface area contributed by atoms with Gasteiger partial charge in [-0.05, 0) is 81.8 Å². The fourth-order valence-corrected chi connectivity index (χ4v) is 4.96.